The van der Waals surface area contributed by atoms with Crippen molar-refractivity contribution in [1.29, 1.82) is 0 Å². The van der Waals surface area contributed by atoms with Crippen LogP contribution in [0.5, 0.6) is 0 Å². The third kappa shape index (κ3) is 7.62. The fraction of sp³-hybridized carbons (Fsp3) is 0.909. The molecular weight excluding hydrogens is 339 g/mol. The van der Waals surface area contributed by atoms with E-state index in [4.69, 9.17) is 0 Å². The summed E-state index contributed by atoms with van der Waals surface area (Å²) in [7, 11) is -0.487. The molecule has 10 heteroatoms. The molecule has 1 unspecified atom stereocenters. The molecule has 7 nitrogen and oxygen atoms in total. The number of nitrogens with one attached hydrogen (secondary N) is 2. The van der Waals surface area contributed by atoms with Crippen molar-refractivity contribution in [3.63, 3.8) is 0 Å². The van der Waals surface area contributed by atoms with Crippen LogP contribution in [0.15, 0.2) is 0 Å². The Kier molecular flexibility index (Phi) is 11.7. The highest BCUT2D eigenvalue weighted by molar-refractivity contribution is 7.90. The van der Waals surface area contributed by atoms with Crippen LogP contribution < -0.4 is 10.0 Å². The highest BCUT2D eigenvalue weighted by atomic mass is 35.5. The molecule has 0 aliphatic carbocycles. The van der Waals surface area contributed by atoms with Gasteiger partial charge in [0, 0.05) is 53.4 Å². The number of rotatable bonds is 6. The normalized spacial score (nSPS) is 17.3. The van der Waals surface area contributed by atoms with Gasteiger partial charge in [0.1, 0.15) is 0 Å². The van der Waals surface area contributed by atoms with Gasteiger partial charge in [0.2, 0.25) is 15.9 Å². The van der Waals surface area contributed by atoms with E-state index in [0.29, 0.717) is 13.1 Å². The lowest BCUT2D eigenvalue weighted by Gasteiger charge is -2.27. The zero-order valence-corrected chi connectivity index (χ0v) is 15.1. The molecule has 0 bridgehead atoms. The van der Waals surface area contributed by atoms with Gasteiger partial charge in [-0.2, -0.15) is 0 Å². The topological polar surface area (TPSA) is 81.8 Å². The second-order valence-electron chi connectivity index (χ2n) is 4.91. The quantitative estimate of drug-likeness (QED) is 0.640. The van der Waals surface area contributed by atoms with Crippen LogP contribution in [0.3, 0.4) is 0 Å². The number of amides is 1. The molecule has 0 aromatic carbocycles. The molecule has 0 radical (unpaired) electrons. The molecule has 21 heavy (non-hydrogen) atoms. The van der Waals surface area contributed by atoms with Crippen LogP contribution in [0.1, 0.15) is 6.92 Å². The number of nitrogens with zero attached hydrogens (tertiary/aromatic N) is 2. The number of hydrogen-bond donors (Lipinski definition) is 2. The lowest BCUT2D eigenvalue weighted by atomic mass is 10.3. The minimum atomic E-state index is -3.59. The van der Waals surface area contributed by atoms with Gasteiger partial charge in [-0.05, 0) is 6.92 Å². The van der Waals surface area contributed by atoms with E-state index < -0.39 is 21.2 Å². The Hall–Kier alpha value is -0.120. The summed E-state index contributed by atoms with van der Waals surface area (Å²) in [6.07, 6.45) is 0. The van der Waals surface area contributed by atoms with E-state index in [9.17, 15) is 13.2 Å². The Morgan fingerprint density at radius 1 is 1.29 bits per heavy atom. The molecule has 1 aliphatic heterocycles. The van der Waals surface area contributed by atoms with E-state index in [-0.39, 0.29) is 24.8 Å². The van der Waals surface area contributed by atoms with Crippen molar-refractivity contribution >= 4 is 40.7 Å². The van der Waals surface area contributed by atoms with Crippen LogP contribution in [0.2, 0.25) is 0 Å². The molecule has 128 valence electrons. The maximum atomic E-state index is 11.9. The summed E-state index contributed by atoms with van der Waals surface area (Å²) < 4.78 is 26.4. The summed E-state index contributed by atoms with van der Waals surface area (Å²) in [5.41, 5.74) is 0. The van der Waals surface area contributed by atoms with Crippen molar-refractivity contribution in [2.24, 2.45) is 0 Å². The number of sulfonamides is 1. The number of piperazine rings is 1. The third-order valence-electron chi connectivity index (χ3n) is 3.19. The fourth-order valence-corrected chi connectivity index (χ4v) is 3.00. The van der Waals surface area contributed by atoms with Crippen molar-refractivity contribution < 1.29 is 13.2 Å². The Labute approximate surface area is 139 Å². The SMILES string of the molecule is CC(C(=O)N(C)C)S(=O)(=O)NCCN1CCNCC1.Cl.Cl. The van der Waals surface area contributed by atoms with Crippen LogP contribution >= 0.6 is 24.8 Å². The Morgan fingerprint density at radius 3 is 2.29 bits per heavy atom. The molecule has 0 spiro atoms. The van der Waals surface area contributed by atoms with Gasteiger partial charge in [0.25, 0.3) is 0 Å². The Balaban J connectivity index is 0. The summed E-state index contributed by atoms with van der Waals surface area (Å²) in [4.78, 5) is 15.1. The summed E-state index contributed by atoms with van der Waals surface area (Å²) in [6, 6.07) is 0. The Bertz CT molecular complexity index is 400. The van der Waals surface area contributed by atoms with E-state index in [1.54, 1.807) is 14.1 Å². The average molecular weight is 365 g/mol. The first-order valence-electron chi connectivity index (χ1n) is 6.47. The van der Waals surface area contributed by atoms with Gasteiger partial charge in [-0.25, -0.2) is 13.1 Å². The predicted octanol–water partition coefficient (Wildman–Crippen LogP) is -0.869. The summed E-state index contributed by atoms with van der Waals surface area (Å²) in [6.45, 7) is 6.14. The van der Waals surface area contributed by atoms with Gasteiger partial charge in [0.15, 0.2) is 5.25 Å². The maximum Gasteiger partial charge on any atom is 0.241 e. The molecule has 1 amide bonds. The first-order valence-corrected chi connectivity index (χ1v) is 8.02. The van der Waals surface area contributed by atoms with Crippen molar-refractivity contribution in [1.82, 2.24) is 19.8 Å². The van der Waals surface area contributed by atoms with E-state index in [2.05, 4.69) is 14.9 Å². The highest BCUT2D eigenvalue weighted by Crippen LogP contribution is 2.01. The second kappa shape index (κ2) is 10.6. The van der Waals surface area contributed by atoms with Crippen molar-refractivity contribution in [2.45, 2.75) is 12.2 Å². The summed E-state index contributed by atoms with van der Waals surface area (Å²) in [5.74, 6) is -0.408. The van der Waals surface area contributed by atoms with E-state index in [1.165, 1.54) is 11.8 Å². The van der Waals surface area contributed by atoms with Crippen molar-refractivity contribution in [2.75, 3.05) is 53.4 Å². The molecule has 2 N–H and O–H groups in total. The van der Waals surface area contributed by atoms with Gasteiger partial charge in [-0.3, -0.25) is 9.69 Å². The second-order valence-corrected chi connectivity index (χ2v) is 6.99. The molecule has 0 saturated carbocycles. The molecule has 1 saturated heterocycles. The zero-order valence-electron chi connectivity index (χ0n) is 12.7. The number of halogens is 2. The van der Waals surface area contributed by atoms with E-state index in [1.807, 2.05) is 0 Å². The fourth-order valence-electron chi connectivity index (χ4n) is 1.90. The third-order valence-corrected chi connectivity index (χ3v) is 4.93. The molecular formula is C11H26Cl2N4O3S. The van der Waals surface area contributed by atoms with E-state index >= 15 is 0 Å². The molecule has 1 fully saturated rings. The first kappa shape index (κ1) is 23.2. The number of carbonyl (C=O) groups is 1. The van der Waals surface area contributed by atoms with Crippen molar-refractivity contribution in [3.05, 3.63) is 0 Å². The minimum Gasteiger partial charge on any atom is -0.348 e. The molecule has 0 aromatic rings. The van der Waals surface area contributed by atoms with Crippen LogP contribution in [0.25, 0.3) is 0 Å². The minimum absolute atomic E-state index is 0. The molecule has 1 aliphatic rings. The smallest absolute Gasteiger partial charge is 0.241 e. The van der Waals surface area contributed by atoms with Gasteiger partial charge >= 0.3 is 0 Å². The zero-order chi connectivity index (χ0) is 14.5. The standard InChI is InChI=1S/C11H24N4O3S.2ClH/c1-10(11(16)14(2)3)19(17,18)13-6-9-15-7-4-12-5-8-15;;/h10,12-13H,4-9H2,1-3H3;2*1H. The van der Waals surface area contributed by atoms with E-state index in [0.717, 1.165) is 26.2 Å². The number of carbonyl (C=O) groups excluding carboxylic acids is 1. The van der Waals surface area contributed by atoms with Gasteiger partial charge in [0.05, 0.1) is 0 Å². The Morgan fingerprint density at radius 2 is 1.81 bits per heavy atom. The van der Waals surface area contributed by atoms with Gasteiger partial charge in [-0.1, -0.05) is 0 Å². The lowest BCUT2D eigenvalue weighted by Crippen LogP contribution is -2.48. The van der Waals surface area contributed by atoms with Crippen LogP contribution in [0, 0.1) is 0 Å². The van der Waals surface area contributed by atoms with Crippen LogP contribution in [-0.2, 0) is 14.8 Å². The van der Waals surface area contributed by atoms with Crippen molar-refractivity contribution in [3.8, 4) is 0 Å². The summed E-state index contributed by atoms with van der Waals surface area (Å²) in [5, 5.41) is 2.19. The average Bonchev–Trinajstić information content (AvgIpc) is 2.37. The monoisotopic (exact) mass is 364 g/mol. The molecule has 0 aromatic heterocycles. The highest BCUT2D eigenvalue weighted by Gasteiger charge is 2.28. The molecule has 1 rings (SSSR count). The largest absolute Gasteiger partial charge is 0.348 e. The summed E-state index contributed by atoms with van der Waals surface area (Å²) >= 11 is 0. The molecule has 1 heterocycles. The van der Waals surface area contributed by atoms with Crippen LogP contribution in [0.4, 0.5) is 0 Å². The van der Waals surface area contributed by atoms with Crippen LogP contribution in [-0.4, -0.2) is 82.7 Å². The van der Waals surface area contributed by atoms with Gasteiger partial charge < -0.3 is 10.2 Å². The maximum absolute atomic E-state index is 11.9. The number of hydrogen-bond acceptors (Lipinski definition) is 5. The predicted molar refractivity (Wildman–Crippen MR) is 88.9 cm³/mol. The lowest BCUT2D eigenvalue weighted by molar-refractivity contribution is -0.127. The first-order chi connectivity index (χ1) is 8.84. The van der Waals surface area contributed by atoms with Gasteiger partial charge in [-0.15, -0.1) is 24.8 Å². The molecule has 1 atom stereocenters.